The quantitative estimate of drug-likeness (QED) is 0.269. The topological polar surface area (TPSA) is 81.4 Å². The maximum absolute atomic E-state index is 16.5. The van der Waals surface area contributed by atoms with E-state index < -0.39 is 5.82 Å². The summed E-state index contributed by atoms with van der Waals surface area (Å²) in [6, 6.07) is 11.5. The van der Waals surface area contributed by atoms with Crippen LogP contribution in [0.1, 0.15) is 25.7 Å². The zero-order valence-corrected chi connectivity index (χ0v) is 23.7. The summed E-state index contributed by atoms with van der Waals surface area (Å²) in [4.78, 5) is 20.3. The molecule has 2 aromatic heterocycles. The van der Waals surface area contributed by atoms with Gasteiger partial charge in [0.05, 0.1) is 10.9 Å². The molecule has 10 heteroatoms. The number of halogens is 2. The van der Waals surface area contributed by atoms with Crippen molar-refractivity contribution in [2.24, 2.45) is 5.92 Å². The van der Waals surface area contributed by atoms with E-state index in [0.29, 0.717) is 53.9 Å². The monoisotopic (exact) mass is 571 g/mol. The largest absolute Gasteiger partial charge is 0.461 e. The summed E-state index contributed by atoms with van der Waals surface area (Å²) in [5.74, 6) is 0.354. The van der Waals surface area contributed by atoms with E-state index in [0.717, 1.165) is 49.5 Å². The van der Waals surface area contributed by atoms with E-state index in [9.17, 15) is 0 Å². The molecule has 0 atom stereocenters. The lowest BCUT2D eigenvalue weighted by molar-refractivity contribution is 0.108. The Labute approximate surface area is 243 Å². The minimum atomic E-state index is -0.530. The molecule has 3 fully saturated rings. The molecule has 0 spiro atoms. The fraction of sp³-hybridized carbons (Fsp3) is 0.419. The molecule has 7 rings (SSSR count). The Morgan fingerprint density at radius 3 is 2.66 bits per heavy atom. The highest BCUT2D eigenvalue weighted by atomic mass is 35.5. The lowest BCUT2D eigenvalue weighted by Gasteiger charge is -2.37. The van der Waals surface area contributed by atoms with Crippen LogP contribution in [0, 0.1) is 23.2 Å². The van der Waals surface area contributed by atoms with Gasteiger partial charge in [-0.05, 0) is 50.2 Å². The van der Waals surface area contributed by atoms with Crippen molar-refractivity contribution >= 4 is 39.1 Å². The third-order valence-corrected chi connectivity index (χ3v) is 9.34. The normalized spacial score (nSPS) is 18.4. The fourth-order valence-corrected chi connectivity index (χ4v) is 7.24. The molecule has 8 nitrogen and oxygen atoms in total. The van der Waals surface area contributed by atoms with Gasteiger partial charge in [-0.15, -0.1) is 0 Å². The van der Waals surface area contributed by atoms with Gasteiger partial charge in [0.25, 0.3) is 0 Å². The van der Waals surface area contributed by atoms with Crippen LogP contribution >= 0.6 is 11.6 Å². The molecule has 0 radical (unpaired) electrons. The van der Waals surface area contributed by atoms with Crippen LogP contribution in [0.4, 0.5) is 10.2 Å². The number of hydrogen-bond acceptors (Lipinski definition) is 8. The molecule has 3 aliphatic rings. The average molecular weight is 572 g/mol. The Morgan fingerprint density at radius 1 is 1.15 bits per heavy atom. The molecular weight excluding hydrogens is 541 g/mol. The van der Waals surface area contributed by atoms with E-state index in [1.54, 1.807) is 17.2 Å². The van der Waals surface area contributed by atoms with E-state index in [4.69, 9.17) is 26.6 Å². The van der Waals surface area contributed by atoms with Crippen LogP contribution in [0.25, 0.3) is 32.9 Å². The van der Waals surface area contributed by atoms with Gasteiger partial charge in [-0.25, -0.2) is 4.39 Å². The van der Waals surface area contributed by atoms with Crippen molar-refractivity contribution in [1.82, 2.24) is 24.8 Å². The van der Waals surface area contributed by atoms with Gasteiger partial charge >= 0.3 is 6.01 Å². The van der Waals surface area contributed by atoms with Crippen molar-refractivity contribution < 1.29 is 9.13 Å². The summed E-state index contributed by atoms with van der Waals surface area (Å²) < 4.78 is 22.8. The number of pyridine rings is 1. The summed E-state index contributed by atoms with van der Waals surface area (Å²) in [7, 11) is 1.94. The molecular formula is C31H31ClFN7O. The molecule has 0 aliphatic carbocycles. The van der Waals surface area contributed by atoms with Crippen LogP contribution in [0.2, 0.25) is 5.02 Å². The van der Waals surface area contributed by atoms with Gasteiger partial charge in [-0.3, -0.25) is 9.88 Å². The van der Waals surface area contributed by atoms with Gasteiger partial charge in [0.2, 0.25) is 0 Å². The molecule has 0 bridgehead atoms. The first-order valence-electron chi connectivity index (χ1n) is 14.2. The Bertz CT molecular complexity index is 1670. The molecule has 41 heavy (non-hydrogen) atoms. The zero-order valence-electron chi connectivity index (χ0n) is 23.0. The van der Waals surface area contributed by atoms with Gasteiger partial charge in [0.1, 0.15) is 23.6 Å². The number of aromatic nitrogens is 3. The number of anilines is 1. The first kappa shape index (κ1) is 26.2. The van der Waals surface area contributed by atoms with Crippen molar-refractivity contribution in [2.45, 2.75) is 31.2 Å². The van der Waals surface area contributed by atoms with Crippen LogP contribution in [0.5, 0.6) is 6.01 Å². The molecule has 210 valence electrons. The maximum atomic E-state index is 16.5. The van der Waals surface area contributed by atoms with Gasteiger partial charge in [-0.1, -0.05) is 41.9 Å². The third kappa shape index (κ3) is 4.50. The fourth-order valence-electron chi connectivity index (χ4n) is 6.96. The first-order chi connectivity index (χ1) is 20.0. The lowest BCUT2D eigenvalue weighted by atomic mass is 9.95. The van der Waals surface area contributed by atoms with Crippen molar-refractivity contribution in [1.29, 1.82) is 5.26 Å². The number of rotatable bonds is 7. The maximum Gasteiger partial charge on any atom is 0.319 e. The highest BCUT2D eigenvalue weighted by Crippen LogP contribution is 2.40. The zero-order chi connectivity index (χ0) is 28.1. The number of likely N-dealkylation sites (tertiary alicyclic amines) is 1. The number of ether oxygens (including phenoxy) is 1. The van der Waals surface area contributed by atoms with E-state index in [2.05, 4.69) is 21.1 Å². The van der Waals surface area contributed by atoms with Crippen LogP contribution in [-0.2, 0) is 0 Å². The Kier molecular flexibility index (Phi) is 6.56. The first-order valence-corrected chi connectivity index (χ1v) is 14.6. The van der Waals surface area contributed by atoms with E-state index in [1.165, 1.54) is 0 Å². The summed E-state index contributed by atoms with van der Waals surface area (Å²) >= 11 is 6.58. The minimum Gasteiger partial charge on any atom is -0.461 e. The second kappa shape index (κ2) is 10.3. The predicted octanol–water partition coefficient (Wildman–Crippen LogP) is 5.49. The second-order valence-electron chi connectivity index (χ2n) is 11.6. The number of fused-ring (bicyclic) bond motifs is 3. The predicted molar refractivity (Wildman–Crippen MR) is 157 cm³/mol. The Morgan fingerprint density at radius 2 is 1.90 bits per heavy atom. The highest BCUT2D eigenvalue weighted by Gasteiger charge is 2.45. The number of nitriles is 1. The summed E-state index contributed by atoms with van der Waals surface area (Å²) in [6.45, 7) is 4.74. The van der Waals surface area contributed by atoms with Gasteiger partial charge in [0.15, 0.2) is 12.0 Å². The van der Waals surface area contributed by atoms with Crippen LogP contribution in [0.15, 0.2) is 42.6 Å². The molecule has 5 heterocycles. The Hall–Kier alpha value is -3.74. The van der Waals surface area contributed by atoms with E-state index in [-0.39, 0.29) is 22.8 Å². The third-order valence-electron chi connectivity index (χ3n) is 9.03. The SMILES string of the molecule is CN(CC1CN(C#N)C1)c1nc(OCC23CCCN2CCC3)nc2c(F)c(-c3cccc4cccc(Cl)c34)ncc12. The van der Waals surface area contributed by atoms with Crippen molar-refractivity contribution in [3.63, 3.8) is 0 Å². The molecule has 2 aromatic carbocycles. The summed E-state index contributed by atoms with van der Waals surface area (Å²) in [5.41, 5.74) is 0.986. The number of nitrogens with zero attached hydrogens (tertiary/aromatic N) is 7. The molecule has 0 unspecified atom stereocenters. The molecule has 3 aliphatic heterocycles. The minimum absolute atomic E-state index is 0.0126. The molecule has 0 saturated carbocycles. The van der Waals surface area contributed by atoms with Crippen LogP contribution in [-0.4, -0.2) is 76.7 Å². The van der Waals surface area contributed by atoms with Crippen molar-refractivity contribution in [3.05, 3.63) is 53.4 Å². The summed E-state index contributed by atoms with van der Waals surface area (Å²) in [5, 5.41) is 11.9. The Balaban J connectivity index is 1.31. The van der Waals surface area contributed by atoms with Gasteiger partial charge in [0, 0.05) is 54.8 Å². The number of hydrogen-bond donors (Lipinski definition) is 0. The van der Waals surface area contributed by atoms with Crippen molar-refractivity contribution in [2.75, 3.05) is 51.3 Å². The van der Waals surface area contributed by atoms with E-state index in [1.807, 2.05) is 42.3 Å². The average Bonchev–Trinajstić information content (AvgIpc) is 3.54. The van der Waals surface area contributed by atoms with Crippen LogP contribution < -0.4 is 9.64 Å². The number of benzene rings is 2. The van der Waals surface area contributed by atoms with Crippen molar-refractivity contribution in [3.8, 4) is 23.5 Å². The van der Waals surface area contributed by atoms with Crippen LogP contribution in [0.3, 0.4) is 0 Å². The molecule has 4 aromatic rings. The summed E-state index contributed by atoms with van der Waals surface area (Å²) in [6.07, 6.45) is 8.34. The molecule has 0 amide bonds. The van der Waals surface area contributed by atoms with Gasteiger partial charge in [-0.2, -0.15) is 15.2 Å². The highest BCUT2D eigenvalue weighted by molar-refractivity contribution is 6.36. The molecule has 3 saturated heterocycles. The van der Waals surface area contributed by atoms with E-state index >= 15 is 4.39 Å². The second-order valence-corrected chi connectivity index (χ2v) is 12.0. The lowest BCUT2D eigenvalue weighted by Crippen LogP contribution is -2.48. The smallest absolute Gasteiger partial charge is 0.319 e. The van der Waals surface area contributed by atoms with Gasteiger partial charge < -0.3 is 14.5 Å². The standard InChI is InChI=1S/C31H31ClFN7O/c1-38(15-20-16-39(17-20)19-34)29-23-14-35-27(22-8-2-6-21-7-3-9-24(32)25(21)22)26(33)28(23)36-30(37-29)41-18-31-10-4-12-40(31)13-5-11-31/h2-3,6-9,14,20H,4-5,10-13,15-18H2,1H3. The molecule has 0 N–H and O–H groups in total.